The molecule has 0 aromatic carbocycles. The van der Waals surface area contributed by atoms with Crippen LogP contribution in [0.5, 0.6) is 0 Å². The van der Waals surface area contributed by atoms with Crippen LogP contribution >= 0.6 is 0 Å². The van der Waals surface area contributed by atoms with Crippen LogP contribution in [-0.4, -0.2) is 43.8 Å². The van der Waals surface area contributed by atoms with Crippen molar-refractivity contribution in [3.05, 3.63) is 17.6 Å². The van der Waals surface area contributed by atoms with Crippen LogP contribution in [0.4, 0.5) is 5.82 Å². The summed E-state index contributed by atoms with van der Waals surface area (Å²) in [6.07, 6.45) is 2.64. The number of nitrogens with one attached hydrogen (secondary N) is 1. The highest BCUT2D eigenvalue weighted by molar-refractivity contribution is 5.48. The molecule has 0 amide bonds. The van der Waals surface area contributed by atoms with Crippen molar-refractivity contribution in [2.75, 3.05) is 38.8 Å². The maximum atomic E-state index is 5.08. The summed E-state index contributed by atoms with van der Waals surface area (Å²) in [7, 11) is 3.75. The first kappa shape index (κ1) is 11.3. The molecule has 1 aliphatic heterocycles. The molecule has 0 spiro atoms. The molecule has 0 fully saturated rings. The van der Waals surface area contributed by atoms with Crippen molar-refractivity contribution >= 4 is 5.82 Å². The van der Waals surface area contributed by atoms with Crippen LogP contribution in [0.15, 0.2) is 6.33 Å². The monoisotopic (exact) mass is 222 g/mol. The number of nitrogens with zero attached hydrogens (tertiary/aromatic N) is 3. The summed E-state index contributed by atoms with van der Waals surface area (Å²) in [4.78, 5) is 10.8. The highest BCUT2D eigenvalue weighted by Gasteiger charge is 2.17. The van der Waals surface area contributed by atoms with E-state index in [1.165, 1.54) is 11.3 Å². The van der Waals surface area contributed by atoms with Crippen molar-refractivity contribution in [1.29, 1.82) is 0 Å². The zero-order valence-electron chi connectivity index (χ0n) is 9.86. The van der Waals surface area contributed by atoms with Crippen LogP contribution in [0.1, 0.15) is 11.3 Å². The van der Waals surface area contributed by atoms with Crippen LogP contribution in [0.2, 0.25) is 0 Å². The molecule has 0 atom stereocenters. The topological polar surface area (TPSA) is 50.3 Å². The Morgan fingerprint density at radius 2 is 2.38 bits per heavy atom. The van der Waals surface area contributed by atoms with Crippen LogP contribution in [0.25, 0.3) is 0 Å². The van der Waals surface area contributed by atoms with Gasteiger partial charge in [-0.1, -0.05) is 0 Å². The maximum Gasteiger partial charge on any atom is 0.136 e. The Balaban J connectivity index is 2.19. The third-order valence-corrected chi connectivity index (χ3v) is 2.84. The molecule has 0 saturated carbocycles. The zero-order valence-corrected chi connectivity index (χ0v) is 9.86. The second-order valence-electron chi connectivity index (χ2n) is 3.96. The first-order valence-electron chi connectivity index (χ1n) is 5.56. The standard InChI is InChI=1S/C11H18N4O/c1-15(5-6-16-2)11-9-7-12-4-3-10(9)13-8-14-11/h8,12H,3-7H2,1-2H3. The molecule has 1 aliphatic rings. The Hall–Kier alpha value is -1.20. The average molecular weight is 222 g/mol. The van der Waals surface area contributed by atoms with Crippen LogP contribution in [0.3, 0.4) is 0 Å². The number of fused-ring (bicyclic) bond motifs is 1. The lowest BCUT2D eigenvalue weighted by Gasteiger charge is -2.24. The minimum atomic E-state index is 0.711. The van der Waals surface area contributed by atoms with Gasteiger partial charge in [0.25, 0.3) is 0 Å². The van der Waals surface area contributed by atoms with Crippen molar-refractivity contribution in [1.82, 2.24) is 15.3 Å². The number of anilines is 1. The molecular formula is C11H18N4O. The molecule has 1 N–H and O–H groups in total. The van der Waals surface area contributed by atoms with E-state index in [0.29, 0.717) is 6.61 Å². The Bertz CT molecular complexity index is 356. The van der Waals surface area contributed by atoms with Crippen LogP contribution in [-0.2, 0) is 17.7 Å². The van der Waals surface area contributed by atoms with Gasteiger partial charge in [0, 0.05) is 45.8 Å². The lowest BCUT2D eigenvalue weighted by Crippen LogP contribution is -2.30. The SMILES string of the molecule is COCCN(C)c1ncnc2c1CNCC2. The van der Waals surface area contributed by atoms with Gasteiger partial charge in [-0.2, -0.15) is 0 Å². The number of likely N-dealkylation sites (N-methyl/N-ethyl adjacent to an activating group) is 1. The highest BCUT2D eigenvalue weighted by Crippen LogP contribution is 2.20. The molecule has 5 nitrogen and oxygen atoms in total. The third kappa shape index (κ3) is 2.31. The van der Waals surface area contributed by atoms with E-state index in [1.54, 1.807) is 13.4 Å². The van der Waals surface area contributed by atoms with E-state index in [0.717, 1.165) is 31.9 Å². The van der Waals surface area contributed by atoms with Gasteiger partial charge < -0.3 is 15.0 Å². The minimum absolute atomic E-state index is 0.711. The number of rotatable bonds is 4. The van der Waals surface area contributed by atoms with Crippen LogP contribution in [0, 0.1) is 0 Å². The molecule has 0 aliphatic carbocycles. The smallest absolute Gasteiger partial charge is 0.136 e. The fourth-order valence-electron chi connectivity index (χ4n) is 1.92. The zero-order chi connectivity index (χ0) is 11.4. The molecule has 1 aromatic rings. The number of hydrogen-bond donors (Lipinski definition) is 1. The van der Waals surface area contributed by atoms with Crippen LogP contribution < -0.4 is 10.2 Å². The van der Waals surface area contributed by atoms with Gasteiger partial charge in [0.1, 0.15) is 12.1 Å². The second kappa shape index (κ2) is 5.23. The summed E-state index contributed by atoms with van der Waals surface area (Å²) < 4.78 is 5.08. The predicted octanol–water partition coefficient (Wildman–Crippen LogP) is 0.205. The maximum absolute atomic E-state index is 5.08. The molecular weight excluding hydrogens is 204 g/mol. The predicted molar refractivity (Wildman–Crippen MR) is 62.6 cm³/mol. The van der Waals surface area contributed by atoms with Crippen molar-refractivity contribution in [3.8, 4) is 0 Å². The first-order chi connectivity index (χ1) is 7.83. The minimum Gasteiger partial charge on any atom is -0.383 e. The Morgan fingerprint density at radius 1 is 1.50 bits per heavy atom. The van der Waals surface area contributed by atoms with Gasteiger partial charge in [-0.3, -0.25) is 0 Å². The van der Waals surface area contributed by atoms with Gasteiger partial charge in [0.2, 0.25) is 0 Å². The van der Waals surface area contributed by atoms with E-state index < -0.39 is 0 Å². The van der Waals surface area contributed by atoms with E-state index in [2.05, 4.69) is 20.2 Å². The summed E-state index contributed by atoms with van der Waals surface area (Å²) in [6.45, 7) is 3.43. The molecule has 5 heteroatoms. The largest absolute Gasteiger partial charge is 0.383 e. The van der Waals surface area contributed by atoms with Gasteiger partial charge in [-0.05, 0) is 0 Å². The van der Waals surface area contributed by atoms with E-state index in [9.17, 15) is 0 Å². The molecule has 0 radical (unpaired) electrons. The van der Waals surface area contributed by atoms with E-state index in [4.69, 9.17) is 4.74 Å². The van der Waals surface area contributed by atoms with E-state index in [1.807, 2.05) is 7.05 Å². The normalized spacial score (nSPS) is 14.6. The van der Waals surface area contributed by atoms with Gasteiger partial charge in [0.05, 0.1) is 12.3 Å². The molecule has 2 heterocycles. The average Bonchev–Trinajstić information content (AvgIpc) is 2.35. The van der Waals surface area contributed by atoms with Crippen molar-refractivity contribution in [2.45, 2.75) is 13.0 Å². The molecule has 0 saturated heterocycles. The number of ether oxygens (including phenoxy) is 1. The lowest BCUT2D eigenvalue weighted by molar-refractivity contribution is 0.206. The van der Waals surface area contributed by atoms with Gasteiger partial charge >= 0.3 is 0 Å². The highest BCUT2D eigenvalue weighted by atomic mass is 16.5. The third-order valence-electron chi connectivity index (χ3n) is 2.84. The quantitative estimate of drug-likeness (QED) is 0.789. The van der Waals surface area contributed by atoms with Crippen molar-refractivity contribution in [3.63, 3.8) is 0 Å². The second-order valence-corrected chi connectivity index (χ2v) is 3.96. The summed E-state index contributed by atoms with van der Waals surface area (Å²) >= 11 is 0. The number of aromatic nitrogens is 2. The van der Waals surface area contributed by atoms with E-state index in [-0.39, 0.29) is 0 Å². The van der Waals surface area contributed by atoms with Crippen molar-refractivity contribution < 1.29 is 4.74 Å². The number of methoxy groups -OCH3 is 1. The Morgan fingerprint density at radius 3 is 3.19 bits per heavy atom. The fraction of sp³-hybridized carbons (Fsp3) is 0.636. The lowest BCUT2D eigenvalue weighted by atomic mass is 10.1. The molecule has 16 heavy (non-hydrogen) atoms. The summed E-state index contributed by atoms with van der Waals surface area (Å²) in [6, 6.07) is 0. The summed E-state index contributed by atoms with van der Waals surface area (Å²) in [5.41, 5.74) is 2.40. The summed E-state index contributed by atoms with van der Waals surface area (Å²) in [5, 5.41) is 3.35. The molecule has 0 bridgehead atoms. The van der Waals surface area contributed by atoms with Gasteiger partial charge in [-0.25, -0.2) is 9.97 Å². The van der Waals surface area contributed by atoms with E-state index >= 15 is 0 Å². The number of hydrogen-bond acceptors (Lipinski definition) is 5. The first-order valence-corrected chi connectivity index (χ1v) is 5.56. The van der Waals surface area contributed by atoms with Gasteiger partial charge in [0.15, 0.2) is 0 Å². The fourth-order valence-corrected chi connectivity index (χ4v) is 1.92. The molecule has 2 rings (SSSR count). The van der Waals surface area contributed by atoms with Crippen molar-refractivity contribution in [2.24, 2.45) is 0 Å². The molecule has 1 aromatic heterocycles. The molecule has 0 unspecified atom stereocenters. The Labute approximate surface area is 95.8 Å². The summed E-state index contributed by atoms with van der Waals surface area (Å²) in [5.74, 6) is 1.02. The van der Waals surface area contributed by atoms with Gasteiger partial charge in [-0.15, -0.1) is 0 Å². The Kier molecular flexibility index (Phi) is 3.69. The molecule has 88 valence electrons.